The topological polar surface area (TPSA) is 98.2 Å². The van der Waals surface area contributed by atoms with Crippen molar-refractivity contribution in [1.29, 1.82) is 0 Å². The molecule has 1 aliphatic carbocycles. The van der Waals surface area contributed by atoms with Crippen LogP contribution in [-0.2, 0) is 15.6 Å². The van der Waals surface area contributed by atoms with Gasteiger partial charge < -0.3 is 15.1 Å². The Labute approximate surface area is 224 Å². The van der Waals surface area contributed by atoms with Crippen LogP contribution in [0.3, 0.4) is 0 Å². The first-order valence-electron chi connectivity index (χ1n) is 13.3. The van der Waals surface area contributed by atoms with Crippen LogP contribution >= 0.6 is 0 Å². The summed E-state index contributed by atoms with van der Waals surface area (Å²) in [7, 11) is 0. The highest BCUT2D eigenvalue weighted by atomic mass is 16.4. The van der Waals surface area contributed by atoms with Crippen molar-refractivity contribution in [3.63, 3.8) is 0 Å². The number of carbonyl (C=O) groups excluding carboxylic acids is 1. The summed E-state index contributed by atoms with van der Waals surface area (Å²) in [6.45, 7) is 12.8. The summed E-state index contributed by atoms with van der Waals surface area (Å²) in [4.78, 5) is 40.1. The molecule has 1 saturated heterocycles. The van der Waals surface area contributed by atoms with Gasteiger partial charge in [0.2, 0.25) is 0 Å². The summed E-state index contributed by atoms with van der Waals surface area (Å²) < 4.78 is 0. The maximum atomic E-state index is 13.4. The van der Waals surface area contributed by atoms with Crippen LogP contribution in [0, 0.1) is 0 Å². The number of ketones is 1. The molecule has 1 aliphatic heterocycles. The maximum Gasteiger partial charge on any atom is 0.335 e. The summed E-state index contributed by atoms with van der Waals surface area (Å²) in [5, 5.41) is 18.2. The van der Waals surface area contributed by atoms with Crippen LogP contribution < -0.4 is 4.90 Å². The van der Waals surface area contributed by atoms with Crippen molar-refractivity contribution in [3.05, 3.63) is 70.3 Å². The molecule has 0 radical (unpaired) electrons. The number of anilines is 1. The lowest BCUT2D eigenvalue weighted by Gasteiger charge is -2.46. The molecule has 2 aliphatic rings. The third-order valence-electron chi connectivity index (χ3n) is 8.12. The molecule has 0 spiro atoms. The highest BCUT2D eigenvalue weighted by Gasteiger charge is 2.40. The van der Waals surface area contributed by atoms with Crippen molar-refractivity contribution in [2.75, 3.05) is 37.6 Å². The van der Waals surface area contributed by atoms with Crippen LogP contribution in [0.15, 0.2) is 42.5 Å². The van der Waals surface area contributed by atoms with E-state index >= 15 is 0 Å². The molecule has 1 heterocycles. The molecule has 0 aromatic heterocycles. The van der Waals surface area contributed by atoms with E-state index in [1.165, 1.54) is 23.3 Å². The SMILES string of the molecule is CC1(C)CCC(C)(C)c2c(N3CCN(CCC(=O)O)CC3)cc(C(=O)/C=C/c3ccc(C(=O)O)cc3)cc21. The second kappa shape index (κ2) is 10.7. The largest absolute Gasteiger partial charge is 0.481 e. The van der Waals surface area contributed by atoms with E-state index in [1.54, 1.807) is 24.3 Å². The lowest BCUT2D eigenvalue weighted by molar-refractivity contribution is -0.137. The Morgan fingerprint density at radius 2 is 1.50 bits per heavy atom. The van der Waals surface area contributed by atoms with Crippen LogP contribution in [0.1, 0.15) is 84.4 Å². The number of rotatable bonds is 8. The minimum atomic E-state index is -0.980. The molecule has 1 fully saturated rings. The Morgan fingerprint density at radius 1 is 0.868 bits per heavy atom. The van der Waals surface area contributed by atoms with E-state index in [1.807, 2.05) is 6.07 Å². The number of carbonyl (C=O) groups is 3. The molecule has 4 rings (SSSR count). The monoisotopic (exact) mass is 518 g/mol. The average molecular weight is 519 g/mol. The number of piperazine rings is 1. The van der Waals surface area contributed by atoms with Gasteiger partial charge in [0.15, 0.2) is 5.78 Å². The summed E-state index contributed by atoms with van der Waals surface area (Å²) >= 11 is 0. The highest BCUT2D eigenvalue weighted by Crippen LogP contribution is 2.50. The molecule has 7 heteroatoms. The molecule has 7 nitrogen and oxygen atoms in total. The fourth-order valence-electron chi connectivity index (χ4n) is 5.62. The molecule has 2 N–H and O–H groups in total. The predicted molar refractivity (Wildman–Crippen MR) is 149 cm³/mol. The Balaban J connectivity index is 1.66. The number of fused-ring (bicyclic) bond motifs is 1. The number of nitrogens with zero attached hydrogens (tertiary/aromatic N) is 2. The second-order valence-electron chi connectivity index (χ2n) is 11.8. The Kier molecular flexibility index (Phi) is 7.79. The molecule has 202 valence electrons. The Hall–Kier alpha value is -3.45. The molecular weight excluding hydrogens is 480 g/mol. The Bertz CT molecular complexity index is 1250. The number of allylic oxidation sites excluding steroid dienone is 1. The van der Waals surface area contributed by atoms with Crippen LogP contribution in [0.5, 0.6) is 0 Å². The number of hydrogen-bond acceptors (Lipinski definition) is 5. The zero-order valence-corrected chi connectivity index (χ0v) is 22.8. The van der Waals surface area contributed by atoms with Gasteiger partial charge in [-0.3, -0.25) is 14.5 Å². The molecule has 0 saturated carbocycles. The molecule has 2 aromatic rings. The van der Waals surface area contributed by atoms with Gasteiger partial charge in [-0.15, -0.1) is 0 Å². The highest BCUT2D eigenvalue weighted by molar-refractivity contribution is 6.07. The number of hydrogen-bond donors (Lipinski definition) is 2. The maximum absolute atomic E-state index is 13.4. The molecule has 2 aromatic carbocycles. The van der Waals surface area contributed by atoms with Gasteiger partial charge in [-0.25, -0.2) is 4.79 Å². The second-order valence-corrected chi connectivity index (χ2v) is 11.8. The minimum Gasteiger partial charge on any atom is -0.481 e. The van der Waals surface area contributed by atoms with Gasteiger partial charge >= 0.3 is 11.9 Å². The van der Waals surface area contributed by atoms with Gasteiger partial charge in [0.05, 0.1) is 12.0 Å². The molecular formula is C31H38N2O5. The number of aromatic carboxylic acids is 1. The third kappa shape index (κ3) is 5.99. The first-order chi connectivity index (χ1) is 17.9. The minimum absolute atomic E-state index is 0.0239. The zero-order valence-electron chi connectivity index (χ0n) is 22.8. The molecule has 38 heavy (non-hydrogen) atoms. The van der Waals surface area contributed by atoms with E-state index in [9.17, 15) is 14.4 Å². The van der Waals surface area contributed by atoms with E-state index in [4.69, 9.17) is 10.2 Å². The fourth-order valence-corrected chi connectivity index (χ4v) is 5.62. The molecule has 0 bridgehead atoms. The van der Waals surface area contributed by atoms with E-state index in [0.717, 1.165) is 50.3 Å². The Morgan fingerprint density at radius 3 is 2.11 bits per heavy atom. The number of carboxylic acid groups (broad SMARTS) is 2. The third-order valence-corrected chi connectivity index (χ3v) is 8.12. The predicted octanol–water partition coefficient (Wildman–Crippen LogP) is 5.23. The standard InChI is InChI=1S/C31H38N2O5/c1-30(2)12-13-31(3,4)28-24(30)19-23(26(34)10-7-21-5-8-22(9-6-21)29(37)38)20-25(28)33-17-15-32(16-18-33)14-11-27(35)36/h5-10,19-20H,11-18H2,1-4H3,(H,35,36)(H,37,38)/b10-7+. The van der Waals surface area contributed by atoms with Crippen LogP contribution in [-0.4, -0.2) is 65.6 Å². The number of benzene rings is 2. The summed E-state index contributed by atoms with van der Waals surface area (Å²) in [5.41, 5.74) is 5.19. The van der Waals surface area contributed by atoms with Crippen molar-refractivity contribution in [2.24, 2.45) is 0 Å². The first-order valence-corrected chi connectivity index (χ1v) is 13.3. The van der Waals surface area contributed by atoms with Crippen LogP contribution in [0.4, 0.5) is 5.69 Å². The summed E-state index contributed by atoms with van der Waals surface area (Å²) in [6.07, 6.45) is 5.54. The van der Waals surface area contributed by atoms with E-state index in [2.05, 4.69) is 43.6 Å². The zero-order chi connectivity index (χ0) is 27.7. The van der Waals surface area contributed by atoms with Gasteiger partial charge in [-0.05, 0) is 70.7 Å². The lowest BCUT2D eigenvalue weighted by Crippen LogP contribution is -2.48. The van der Waals surface area contributed by atoms with Gasteiger partial charge in [-0.1, -0.05) is 45.9 Å². The van der Waals surface area contributed by atoms with Crippen molar-refractivity contribution >= 4 is 29.5 Å². The van der Waals surface area contributed by atoms with Crippen molar-refractivity contribution in [3.8, 4) is 0 Å². The normalized spacial score (nSPS) is 18.8. The fraction of sp³-hybridized carbons (Fsp3) is 0.452. The molecule has 0 atom stereocenters. The molecule has 0 amide bonds. The van der Waals surface area contributed by atoms with Crippen LogP contribution in [0.2, 0.25) is 0 Å². The quantitative estimate of drug-likeness (QED) is 0.365. The summed E-state index contributed by atoms with van der Waals surface area (Å²) in [6, 6.07) is 10.6. The van der Waals surface area contributed by atoms with Crippen molar-refractivity contribution in [2.45, 2.75) is 57.8 Å². The first kappa shape index (κ1) is 27.6. The van der Waals surface area contributed by atoms with Crippen LogP contribution in [0.25, 0.3) is 6.08 Å². The smallest absolute Gasteiger partial charge is 0.335 e. The number of aliphatic carboxylic acids is 1. The van der Waals surface area contributed by atoms with Gasteiger partial charge in [0.25, 0.3) is 0 Å². The molecule has 0 unspecified atom stereocenters. The van der Waals surface area contributed by atoms with E-state index < -0.39 is 11.9 Å². The van der Waals surface area contributed by atoms with Crippen molar-refractivity contribution in [1.82, 2.24) is 4.90 Å². The van der Waals surface area contributed by atoms with E-state index in [0.29, 0.717) is 12.1 Å². The van der Waals surface area contributed by atoms with Crippen molar-refractivity contribution < 1.29 is 24.6 Å². The van der Waals surface area contributed by atoms with Gasteiger partial charge in [0.1, 0.15) is 0 Å². The van der Waals surface area contributed by atoms with Gasteiger partial charge in [-0.2, -0.15) is 0 Å². The average Bonchev–Trinajstić information content (AvgIpc) is 2.88. The number of carboxylic acids is 2. The van der Waals surface area contributed by atoms with E-state index in [-0.39, 0.29) is 28.6 Å². The summed E-state index contributed by atoms with van der Waals surface area (Å²) in [5.74, 6) is -1.84. The lowest BCUT2D eigenvalue weighted by atomic mass is 9.62. The van der Waals surface area contributed by atoms with Gasteiger partial charge in [0, 0.05) is 44.0 Å².